The molecule has 8 nitrogen and oxygen atoms in total. The number of aromatic nitrogens is 6. The van der Waals surface area contributed by atoms with E-state index in [0.717, 1.165) is 36.4 Å². The average Bonchev–Trinajstić information content (AvgIpc) is 3.28. The van der Waals surface area contributed by atoms with E-state index >= 15 is 0 Å². The Balaban J connectivity index is 1.54. The number of aryl methyl sites for hydroxylation is 1. The lowest BCUT2D eigenvalue weighted by Gasteiger charge is -2.24. The Hall–Kier alpha value is -2.32. The molecule has 0 radical (unpaired) electrons. The van der Waals surface area contributed by atoms with Crippen molar-refractivity contribution >= 4 is 11.0 Å². The van der Waals surface area contributed by atoms with Gasteiger partial charge in [0.05, 0.1) is 12.2 Å². The highest BCUT2D eigenvalue weighted by Crippen LogP contribution is 2.26. The second kappa shape index (κ2) is 5.95. The Kier molecular flexibility index (Phi) is 3.78. The summed E-state index contributed by atoms with van der Waals surface area (Å²) in [7, 11) is 4.25. The summed E-state index contributed by atoms with van der Waals surface area (Å²) >= 11 is 0. The van der Waals surface area contributed by atoms with E-state index in [1.54, 1.807) is 6.20 Å². The zero-order valence-electron chi connectivity index (χ0n) is 14.2. The van der Waals surface area contributed by atoms with E-state index in [9.17, 15) is 0 Å². The number of fused-ring (bicyclic) bond motifs is 1. The molecular formula is C16H22N8. The van der Waals surface area contributed by atoms with Crippen LogP contribution < -0.4 is 0 Å². The molecule has 1 saturated heterocycles. The van der Waals surface area contributed by atoms with Gasteiger partial charge < -0.3 is 4.90 Å². The minimum atomic E-state index is 0.315. The smallest absolute Gasteiger partial charge is 0.181 e. The third kappa shape index (κ3) is 2.67. The first-order chi connectivity index (χ1) is 11.6. The molecule has 24 heavy (non-hydrogen) atoms. The van der Waals surface area contributed by atoms with Gasteiger partial charge in [0.1, 0.15) is 0 Å². The van der Waals surface area contributed by atoms with E-state index < -0.39 is 0 Å². The van der Waals surface area contributed by atoms with Gasteiger partial charge >= 0.3 is 0 Å². The van der Waals surface area contributed by atoms with Crippen molar-refractivity contribution in [2.45, 2.75) is 25.6 Å². The number of likely N-dealkylation sites (tertiary alicyclic amines) is 1. The van der Waals surface area contributed by atoms with Crippen molar-refractivity contribution in [3.05, 3.63) is 35.9 Å². The van der Waals surface area contributed by atoms with Gasteiger partial charge in [-0.05, 0) is 32.6 Å². The van der Waals surface area contributed by atoms with Gasteiger partial charge in [-0.2, -0.15) is 5.10 Å². The number of rotatable bonds is 4. The second-order valence-electron chi connectivity index (χ2n) is 6.74. The molecule has 1 N–H and O–H groups in total. The van der Waals surface area contributed by atoms with E-state index in [4.69, 9.17) is 0 Å². The first-order valence-electron chi connectivity index (χ1n) is 8.16. The fraction of sp³-hybridized carbons (Fsp3) is 0.500. The molecule has 0 amide bonds. The molecule has 0 aromatic carbocycles. The molecule has 0 aliphatic carbocycles. The zero-order chi connectivity index (χ0) is 16.7. The summed E-state index contributed by atoms with van der Waals surface area (Å²) in [5, 5.41) is 16.5. The van der Waals surface area contributed by atoms with Gasteiger partial charge in [0, 0.05) is 49.1 Å². The number of hydrogen-bond donors (Lipinski definition) is 1. The Labute approximate surface area is 140 Å². The zero-order valence-corrected chi connectivity index (χ0v) is 14.2. The fourth-order valence-corrected chi connectivity index (χ4v) is 3.55. The van der Waals surface area contributed by atoms with E-state index in [1.165, 1.54) is 5.56 Å². The number of H-pyrrole nitrogens is 1. The summed E-state index contributed by atoms with van der Waals surface area (Å²) in [6.07, 6.45) is 5.62. The molecule has 4 heterocycles. The number of aromatic amines is 1. The van der Waals surface area contributed by atoms with E-state index in [1.807, 2.05) is 24.0 Å². The number of nitrogens with zero attached hydrogens (tertiary/aromatic N) is 7. The molecule has 0 unspecified atom stereocenters. The third-order valence-corrected chi connectivity index (χ3v) is 4.84. The number of nitrogens with one attached hydrogen (secondary N) is 1. The van der Waals surface area contributed by atoms with Crippen LogP contribution in [0.5, 0.6) is 0 Å². The van der Waals surface area contributed by atoms with Gasteiger partial charge in [0.25, 0.3) is 0 Å². The molecule has 4 rings (SSSR count). The second-order valence-corrected chi connectivity index (χ2v) is 6.74. The van der Waals surface area contributed by atoms with Crippen LogP contribution in [0.25, 0.3) is 11.0 Å². The third-order valence-electron chi connectivity index (χ3n) is 4.84. The molecule has 8 heteroatoms. The molecular weight excluding hydrogens is 304 g/mol. The average molecular weight is 326 g/mol. The molecule has 0 saturated carbocycles. The van der Waals surface area contributed by atoms with Crippen LogP contribution in [0.1, 0.15) is 17.3 Å². The van der Waals surface area contributed by atoms with Crippen LogP contribution >= 0.6 is 0 Å². The Morgan fingerprint density at radius 3 is 2.96 bits per heavy atom. The van der Waals surface area contributed by atoms with Crippen molar-refractivity contribution in [3.63, 3.8) is 0 Å². The lowest BCUT2D eigenvalue weighted by molar-refractivity contribution is 0.237. The molecule has 0 bridgehead atoms. The van der Waals surface area contributed by atoms with Crippen molar-refractivity contribution in [1.29, 1.82) is 0 Å². The number of hydrogen-bond acceptors (Lipinski definition) is 6. The van der Waals surface area contributed by atoms with Crippen LogP contribution in [0.15, 0.2) is 24.7 Å². The highest BCUT2D eigenvalue weighted by atomic mass is 15.5. The van der Waals surface area contributed by atoms with Gasteiger partial charge in [-0.3, -0.25) is 10.00 Å². The first-order valence-corrected chi connectivity index (χ1v) is 8.16. The highest BCUT2D eigenvalue weighted by Gasteiger charge is 2.35. The van der Waals surface area contributed by atoms with E-state index in [2.05, 4.69) is 55.5 Å². The monoisotopic (exact) mass is 326 g/mol. The predicted octanol–water partition coefficient (Wildman–Crippen LogP) is 0.845. The molecule has 1 aliphatic heterocycles. The quantitative estimate of drug-likeness (QED) is 0.765. The summed E-state index contributed by atoms with van der Waals surface area (Å²) < 4.78 is 1.98. The van der Waals surface area contributed by atoms with E-state index in [0.29, 0.717) is 12.1 Å². The highest BCUT2D eigenvalue weighted by molar-refractivity contribution is 5.77. The summed E-state index contributed by atoms with van der Waals surface area (Å²) in [5.41, 5.74) is 3.06. The Morgan fingerprint density at radius 1 is 1.33 bits per heavy atom. The minimum Gasteiger partial charge on any atom is -0.303 e. The van der Waals surface area contributed by atoms with Crippen LogP contribution in [-0.2, 0) is 6.54 Å². The molecule has 1 aliphatic rings. The molecule has 0 spiro atoms. The van der Waals surface area contributed by atoms with Crippen LogP contribution in [0.4, 0.5) is 0 Å². The van der Waals surface area contributed by atoms with Crippen LogP contribution in [0, 0.1) is 6.92 Å². The van der Waals surface area contributed by atoms with Crippen molar-refractivity contribution in [2.75, 3.05) is 27.2 Å². The molecule has 2 atom stereocenters. The normalized spacial score (nSPS) is 22.0. The van der Waals surface area contributed by atoms with Crippen molar-refractivity contribution < 1.29 is 0 Å². The maximum atomic E-state index is 4.46. The summed E-state index contributed by atoms with van der Waals surface area (Å²) in [5.74, 6) is 0. The first kappa shape index (κ1) is 15.2. The summed E-state index contributed by atoms with van der Waals surface area (Å²) in [6, 6.07) is 2.92. The number of pyridine rings is 1. The summed E-state index contributed by atoms with van der Waals surface area (Å²) in [4.78, 5) is 9.19. The molecule has 3 aromatic heterocycles. The van der Waals surface area contributed by atoms with Gasteiger partial charge in [-0.15, -0.1) is 5.10 Å². The number of likely N-dealkylation sites (N-methyl/N-ethyl adjacent to an activating group) is 1. The SMILES string of the molecule is Cc1[nH]nc2ncc(CN3C[C@@H](N(C)C)[C@@H](n4ccnn4)C3)cc12. The standard InChI is InChI=1S/C16H22N8/c1-11-13-6-12(7-17-16(13)20-19-11)8-23-9-14(22(2)3)15(10-23)24-5-4-18-21-24/h4-7,14-15H,8-10H2,1-3H3,(H,17,19,20)/t14-,15+/m1/s1. The fourth-order valence-electron chi connectivity index (χ4n) is 3.55. The summed E-state index contributed by atoms with van der Waals surface area (Å²) in [6.45, 7) is 4.86. The maximum Gasteiger partial charge on any atom is 0.181 e. The van der Waals surface area contributed by atoms with Gasteiger partial charge in [-0.25, -0.2) is 9.67 Å². The van der Waals surface area contributed by atoms with Crippen molar-refractivity contribution in [1.82, 2.24) is 40.0 Å². The Morgan fingerprint density at radius 2 is 2.21 bits per heavy atom. The predicted molar refractivity (Wildman–Crippen MR) is 90.4 cm³/mol. The van der Waals surface area contributed by atoms with Crippen LogP contribution in [-0.4, -0.2) is 73.2 Å². The minimum absolute atomic E-state index is 0.315. The van der Waals surface area contributed by atoms with E-state index in [-0.39, 0.29) is 0 Å². The van der Waals surface area contributed by atoms with Crippen LogP contribution in [0.2, 0.25) is 0 Å². The lowest BCUT2D eigenvalue weighted by atomic mass is 10.1. The largest absolute Gasteiger partial charge is 0.303 e. The Bertz CT molecular complexity index is 822. The van der Waals surface area contributed by atoms with Crippen molar-refractivity contribution in [3.8, 4) is 0 Å². The van der Waals surface area contributed by atoms with Gasteiger partial charge in [0.2, 0.25) is 0 Å². The lowest BCUT2D eigenvalue weighted by Crippen LogP contribution is -2.36. The van der Waals surface area contributed by atoms with Gasteiger partial charge in [-0.1, -0.05) is 5.21 Å². The topological polar surface area (TPSA) is 78.8 Å². The van der Waals surface area contributed by atoms with Gasteiger partial charge in [0.15, 0.2) is 5.65 Å². The van der Waals surface area contributed by atoms with Crippen LogP contribution in [0.3, 0.4) is 0 Å². The van der Waals surface area contributed by atoms with Crippen molar-refractivity contribution in [2.24, 2.45) is 0 Å². The molecule has 126 valence electrons. The maximum absolute atomic E-state index is 4.46. The molecule has 1 fully saturated rings. The molecule has 3 aromatic rings.